The summed E-state index contributed by atoms with van der Waals surface area (Å²) in [4.78, 5) is 74.1. The molecule has 0 aromatic carbocycles. The average molecular weight is 669 g/mol. The van der Waals surface area contributed by atoms with Crippen LogP contribution in [-0.2, 0) is 32.8 Å². The number of nitrogens with one attached hydrogen (secondary N) is 3. The fourth-order valence-corrected chi connectivity index (χ4v) is 5.71. The van der Waals surface area contributed by atoms with Crippen molar-refractivity contribution in [3.63, 3.8) is 0 Å². The van der Waals surface area contributed by atoms with Gasteiger partial charge in [0.15, 0.2) is 23.7 Å². The van der Waals surface area contributed by atoms with Crippen LogP contribution in [0.1, 0.15) is 52.2 Å². The molecule has 2 fully saturated rings. The van der Waals surface area contributed by atoms with Crippen LogP contribution in [0, 0.1) is 0 Å². The lowest BCUT2D eigenvalue weighted by Gasteiger charge is -2.42. The predicted octanol–water partition coefficient (Wildman–Crippen LogP) is -2.83. The number of H-pyrrole nitrogens is 3. The van der Waals surface area contributed by atoms with Crippen LogP contribution in [0.3, 0.4) is 0 Å². The average Bonchev–Trinajstić information content (AvgIpc) is 3.33. The van der Waals surface area contributed by atoms with Crippen molar-refractivity contribution in [1.29, 1.82) is 0 Å². The van der Waals surface area contributed by atoms with E-state index in [1.807, 2.05) is 4.98 Å². The smallest absolute Gasteiger partial charge is 0.463 e. The first-order valence-electron chi connectivity index (χ1n) is 14.1. The molecule has 254 valence electrons. The standard InChI is InChI=1S/C24H37N4O16P/c1-9(41-22-12(30)7-11(29)10(2)42-22)5-3-4-6-14(31)40-8-13-16(32)18(44-45(37,38)39)17(33)21(43-13)28-19-15(25-23(35)26-19)20(34)27-24(28)36/h9-13,16-18,21-22,29-30,32-33H,3-8H2,1-2H3,(H2,25,26,35)(H,27,34,36)(H2,37,38,39)/t9-,10+,11-,12-,13-,16-,17-,18+,21-,22-/m1/s1. The largest absolute Gasteiger partial charge is 0.470 e. The Kier molecular flexibility index (Phi) is 11.2. The number of aromatic amines is 3. The lowest BCUT2D eigenvalue weighted by atomic mass is 9.98. The number of aliphatic hydroxyl groups is 4. The van der Waals surface area contributed by atoms with E-state index in [0.29, 0.717) is 23.8 Å². The maximum absolute atomic E-state index is 12.7. The second kappa shape index (κ2) is 14.3. The highest BCUT2D eigenvalue weighted by atomic mass is 31.2. The molecule has 2 aromatic rings. The SMILES string of the molecule is C[C@H](CCCCC(=O)OC[C@H]1O[C@@H](n2c(=O)[nH]c(=O)c3[nH]c(=O)[nH]c32)[C@H](O)[C@@H](OP(=O)(O)O)[C@@H]1O)O[C@@H]1O[C@@H](C)[C@H](O)C[C@H]1O. The second-order valence-electron chi connectivity index (χ2n) is 11.0. The minimum Gasteiger partial charge on any atom is -0.463 e. The summed E-state index contributed by atoms with van der Waals surface area (Å²) in [5.74, 6) is -0.734. The van der Waals surface area contributed by atoms with Gasteiger partial charge in [-0.3, -0.25) is 29.1 Å². The van der Waals surface area contributed by atoms with E-state index < -0.39 is 104 Å². The summed E-state index contributed by atoms with van der Waals surface area (Å²) in [6.45, 7) is 2.73. The van der Waals surface area contributed by atoms with Gasteiger partial charge >= 0.3 is 25.2 Å². The highest BCUT2D eigenvalue weighted by Gasteiger charge is 2.49. The van der Waals surface area contributed by atoms with Gasteiger partial charge in [-0.15, -0.1) is 0 Å². The van der Waals surface area contributed by atoms with Crippen LogP contribution < -0.4 is 16.9 Å². The summed E-state index contributed by atoms with van der Waals surface area (Å²) in [6.07, 6.45) is -11.8. The molecule has 2 aliphatic rings. The quantitative estimate of drug-likeness (QED) is 0.0625. The molecule has 2 aromatic heterocycles. The summed E-state index contributed by atoms with van der Waals surface area (Å²) < 4.78 is 38.8. The van der Waals surface area contributed by atoms with Crippen molar-refractivity contribution in [2.75, 3.05) is 6.61 Å². The second-order valence-corrected chi connectivity index (χ2v) is 12.2. The third-order valence-electron chi connectivity index (χ3n) is 7.49. The van der Waals surface area contributed by atoms with Gasteiger partial charge in [0.2, 0.25) is 0 Å². The fraction of sp³-hybridized carbons (Fsp3) is 0.750. The molecule has 0 amide bonds. The number of nitrogens with zero attached hydrogens (tertiary/aromatic N) is 1. The lowest BCUT2D eigenvalue weighted by Crippen LogP contribution is -2.59. The number of carbonyl (C=O) groups excluding carboxylic acids is 1. The van der Waals surface area contributed by atoms with E-state index in [4.69, 9.17) is 18.9 Å². The highest BCUT2D eigenvalue weighted by molar-refractivity contribution is 7.46. The van der Waals surface area contributed by atoms with Crippen LogP contribution in [0.5, 0.6) is 0 Å². The van der Waals surface area contributed by atoms with Crippen molar-refractivity contribution in [3.05, 3.63) is 31.3 Å². The van der Waals surface area contributed by atoms with Crippen LogP contribution in [0.15, 0.2) is 14.4 Å². The zero-order chi connectivity index (χ0) is 33.2. The maximum atomic E-state index is 12.7. The molecule has 9 N–H and O–H groups in total. The molecule has 0 saturated carbocycles. The molecule has 10 atom stereocenters. The van der Waals surface area contributed by atoms with Crippen molar-refractivity contribution >= 4 is 25.0 Å². The number of phosphoric ester groups is 1. The van der Waals surface area contributed by atoms with Crippen molar-refractivity contribution in [2.45, 2.75) is 107 Å². The van der Waals surface area contributed by atoms with E-state index in [2.05, 4.69) is 14.5 Å². The van der Waals surface area contributed by atoms with E-state index in [1.165, 1.54) is 0 Å². The number of unbranched alkanes of at least 4 members (excludes halogenated alkanes) is 1. The molecule has 0 radical (unpaired) electrons. The number of phosphoric acid groups is 1. The van der Waals surface area contributed by atoms with Gasteiger partial charge in [0.25, 0.3) is 5.56 Å². The Morgan fingerprint density at radius 3 is 2.44 bits per heavy atom. The van der Waals surface area contributed by atoms with Crippen molar-refractivity contribution in [3.8, 4) is 0 Å². The number of hydrogen-bond acceptors (Lipinski definition) is 14. The van der Waals surface area contributed by atoms with Gasteiger partial charge in [-0.2, -0.15) is 0 Å². The van der Waals surface area contributed by atoms with Gasteiger partial charge in [0.05, 0.1) is 18.3 Å². The van der Waals surface area contributed by atoms with Crippen LogP contribution >= 0.6 is 7.82 Å². The Balaban J connectivity index is 1.37. The number of hydrogen-bond donors (Lipinski definition) is 9. The zero-order valence-corrected chi connectivity index (χ0v) is 25.1. The number of fused-ring (bicyclic) bond motifs is 1. The fourth-order valence-electron chi connectivity index (χ4n) is 5.15. The van der Waals surface area contributed by atoms with Gasteiger partial charge < -0.3 is 49.2 Å². The molecule has 0 spiro atoms. The summed E-state index contributed by atoms with van der Waals surface area (Å²) in [5.41, 5.74) is -3.92. The molecule has 4 heterocycles. The molecule has 2 saturated heterocycles. The highest BCUT2D eigenvalue weighted by Crippen LogP contribution is 2.43. The number of imidazole rings is 1. The number of rotatable bonds is 12. The first-order valence-corrected chi connectivity index (χ1v) is 15.6. The van der Waals surface area contributed by atoms with Gasteiger partial charge in [0.1, 0.15) is 37.1 Å². The van der Waals surface area contributed by atoms with Crippen LogP contribution in [0.4, 0.5) is 0 Å². The lowest BCUT2D eigenvalue weighted by molar-refractivity contribution is -0.273. The van der Waals surface area contributed by atoms with E-state index in [1.54, 1.807) is 13.8 Å². The van der Waals surface area contributed by atoms with Crippen LogP contribution in [0.25, 0.3) is 11.2 Å². The molecular weight excluding hydrogens is 631 g/mol. The number of aromatic nitrogens is 4. The summed E-state index contributed by atoms with van der Waals surface area (Å²) in [7, 11) is -5.34. The van der Waals surface area contributed by atoms with Gasteiger partial charge in [-0.25, -0.2) is 18.7 Å². The normalized spacial score (nSPS) is 31.6. The van der Waals surface area contributed by atoms with Crippen LogP contribution in [-0.4, -0.2) is 117 Å². The summed E-state index contributed by atoms with van der Waals surface area (Å²) in [6, 6.07) is 0. The third-order valence-corrected chi connectivity index (χ3v) is 8.01. The molecule has 2 aliphatic heterocycles. The number of ether oxygens (including phenoxy) is 4. The van der Waals surface area contributed by atoms with Crippen molar-refractivity contribution in [1.82, 2.24) is 19.5 Å². The summed E-state index contributed by atoms with van der Waals surface area (Å²) >= 11 is 0. The Labute approximate surface area is 253 Å². The van der Waals surface area contributed by atoms with Gasteiger partial charge in [0, 0.05) is 12.8 Å². The number of aliphatic hydroxyl groups excluding tert-OH is 4. The van der Waals surface area contributed by atoms with E-state index in [9.17, 15) is 54.0 Å². The molecule has 4 rings (SSSR count). The van der Waals surface area contributed by atoms with Gasteiger partial charge in [-0.05, 0) is 26.7 Å². The topological polar surface area (TPSA) is 305 Å². The molecule has 0 aliphatic carbocycles. The monoisotopic (exact) mass is 668 g/mol. The Morgan fingerprint density at radius 2 is 1.76 bits per heavy atom. The molecular formula is C24H37N4O16P. The molecule has 20 nitrogen and oxygen atoms in total. The molecule has 0 bridgehead atoms. The van der Waals surface area contributed by atoms with Crippen LogP contribution in [0.2, 0.25) is 0 Å². The number of carbonyl (C=O) groups is 1. The molecule has 45 heavy (non-hydrogen) atoms. The zero-order valence-electron chi connectivity index (χ0n) is 24.2. The van der Waals surface area contributed by atoms with Crippen molar-refractivity contribution < 1.29 is 63.0 Å². The predicted molar refractivity (Wildman–Crippen MR) is 148 cm³/mol. The first kappa shape index (κ1) is 35.1. The minimum absolute atomic E-state index is 0.0830. The third kappa shape index (κ3) is 8.54. The first-order chi connectivity index (χ1) is 21.1. The Morgan fingerprint density at radius 1 is 1.04 bits per heavy atom. The van der Waals surface area contributed by atoms with E-state index in [0.717, 1.165) is 0 Å². The Hall–Kier alpha value is -2.75. The van der Waals surface area contributed by atoms with E-state index >= 15 is 0 Å². The molecule has 21 heteroatoms. The van der Waals surface area contributed by atoms with E-state index in [-0.39, 0.29) is 18.9 Å². The molecule has 0 unspecified atom stereocenters. The minimum atomic E-state index is -5.34. The summed E-state index contributed by atoms with van der Waals surface area (Å²) in [5, 5.41) is 41.4. The Bertz CT molecular complexity index is 1550. The van der Waals surface area contributed by atoms with Gasteiger partial charge in [-0.1, -0.05) is 6.42 Å². The maximum Gasteiger partial charge on any atom is 0.470 e. The van der Waals surface area contributed by atoms with Crippen molar-refractivity contribution in [2.24, 2.45) is 0 Å². The number of esters is 1.